The predicted octanol–water partition coefficient (Wildman–Crippen LogP) is 5.60. The Labute approximate surface area is 222 Å². The highest BCUT2D eigenvalue weighted by Crippen LogP contribution is 2.49. The SMILES string of the molecule is Cn1nc(C(F)(F)C(F)(F)F)c(OC(F)(F)C(F)F)c1-n1cc(-c2ccc(Cl)c(C(=O)NC3(C#N)CC3)c2)cn1. The molecular formula is C22H14ClF9N6O2. The molecule has 1 aliphatic rings. The number of ether oxygens (including phenoxy) is 1. The second-order valence-electron chi connectivity index (χ2n) is 8.68. The maximum atomic E-state index is 14.2. The minimum Gasteiger partial charge on any atom is -0.422 e. The molecule has 3 aromatic rings. The van der Waals surface area contributed by atoms with Crippen molar-refractivity contribution >= 4 is 17.5 Å². The van der Waals surface area contributed by atoms with Gasteiger partial charge in [-0.1, -0.05) is 17.7 Å². The molecular weight excluding hydrogens is 587 g/mol. The number of hydrogen-bond acceptors (Lipinski definition) is 5. The monoisotopic (exact) mass is 600 g/mol. The summed E-state index contributed by atoms with van der Waals surface area (Å²) in [6.45, 7) is 0. The van der Waals surface area contributed by atoms with Crippen molar-refractivity contribution in [1.29, 1.82) is 5.26 Å². The Hall–Kier alpha value is -3.94. The summed E-state index contributed by atoms with van der Waals surface area (Å²) >= 11 is 6.10. The number of benzene rings is 1. The molecule has 0 bridgehead atoms. The summed E-state index contributed by atoms with van der Waals surface area (Å²) in [5, 5.41) is 18.4. The van der Waals surface area contributed by atoms with Gasteiger partial charge >= 0.3 is 24.6 Å². The van der Waals surface area contributed by atoms with Gasteiger partial charge in [0.2, 0.25) is 5.75 Å². The van der Waals surface area contributed by atoms with Crippen molar-refractivity contribution in [2.45, 2.75) is 43.0 Å². The number of nitrogens with zero attached hydrogens (tertiary/aromatic N) is 5. The first kappa shape index (κ1) is 29.1. The molecule has 0 atom stereocenters. The first-order valence-corrected chi connectivity index (χ1v) is 11.3. The summed E-state index contributed by atoms with van der Waals surface area (Å²) < 4.78 is 125. The minimum atomic E-state index is -6.35. The van der Waals surface area contributed by atoms with Gasteiger partial charge in [0.1, 0.15) is 5.54 Å². The van der Waals surface area contributed by atoms with Crippen molar-refractivity contribution in [3.8, 4) is 28.8 Å². The highest BCUT2D eigenvalue weighted by atomic mass is 35.5. The fourth-order valence-electron chi connectivity index (χ4n) is 3.50. The first-order chi connectivity index (χ1) is 18.4. The molecule has 1 fully saturated rings. The van der Waals surface area contributed by atoms with Gasteiger partial charge in [0.25, 0.3) is 5.91 Å². The van der Waals surface area contributed by atoms with Gasteiger partial charge in [-0.25, -0.2) is 9.36 Å². The van der Waals surface area contributed by atoms with Gasteiger partial charge in [-0.05, 0) is 30.5 Å². The number of carbonyl (C=O) groups is 1. The molecule has 40 heavy (non-hydrogen) atoms. The summed E-state index contributed by atoms with van der Waals surface area (Å²) in [5.41, 5.74) is -3.27. The van der Waals surface area contributed by atoms with Gasteiger partial charge in [-0.15, -0.1) is 0 Å². The summed E-state index contributed by atoms with van der Waals surface area (Å²) in [7, 11) is 0.771. The van der Waals surface area contributed by atoms with Crippen LogP contribution in [0.3, 0.4) is 0 Å². The van der Waals surface area contributed by atoms with E-state index in [0.29, 0.717) is 17.5 Å². The van der Waals surface area contributed by atoms with E-state index in [1.165, 1.54) is 18.2 Å². The fourth-order valence-corrected chi connectivity index (χ4v) is 3.71. The average Bonchev–Trinajstić information content (AvgIpc) is 3.31. The maximum absolute atomic E-state index is 14.2. The van der Waals surface area contributed by atoms with E-state index in [0.717, 1.165) is 19.4 Å². The number of aryl methyl sites for hydroxylation is 1. The number of halogens is 10. The van der Waals surface area contributed by atoms with E-state index in [2.05, 4.69) is 20.3 Å². The van der Waals surface area contributed by atoms with E-state index < -0.39 is 53.3 Å². The van der Waals surface area contributed by atoms with Crippen molar-refractivity contribution in [3.63, 3.8) is 0 Å². The molecule has 1 aliphatic carbocycles. The van der Waals surface area contributed by atoms with Crippen LogP contribution in [0.15, 0.2) is 30.6 Å². The first-order valence-electron chi connectivity index (χ1n) is 10.9. The Morgan fingerprint density at radius 2 is 1.82 bits per heavy atom. The molecule has 2 heterocycles. The summed E-state index contributed by atoms with van der Waals surface area (Å²) in [6, 6.07) is 5.87. The van der Waals surface area contributed by atoms with Crippen LogP contribution in [0.2, 0.25) is 5.02 Å². The van der Waals surface area contributed by atoms with Crippen molar-refractivity contribution in [2.24, 2.45) is 7.05 Å². The normalized spacial score (nSPS) is 15.2. The third-order valence-corrected chi connectivity index (χ3v) is 6.11. The number of carbonyl (C=O) groups excluding carboxylic acids is 1. The Bertz CT molecular complexity index is 1510. The van der Waals surface area contributed by atoms with Gasteiger partial charge in [0.15, 0.2) is 11.5 Å². The van der Waals surface area contributed by atoms with Gasteiger partial charge in [-0.3, -0.25) is 4.79 Å². The maximum Gasteiger partial charge on any atom is 0.461 e. The predicted molar refractivity (Wildman–Crippen MR) is 117 cm³/mol. The van der Waals surface area contributed by atoms with Crippen LogP contribution in [0.4, 0.5) is 39.5 Å². The molecule has 1 amide bonds. The van der Waals surface area contributed by atoms with Gasteiger partial charge in [-0.2, -0.15) is 55.0 Å². The lowest BCUT2D eigenvalue weighted by Crippen LogP contribution is -2.37. The standard InChI is InChI=1S/C22H14ClF9N6O2/c1-37-17(14(40-21(28,29)18(24)25)15(36-37)20(26,27)22(30,31)32)38-8-11(7-34-38)10-2-3-13(23)12(6-10)16(39)35-19(9-33)4-5-19/h2-3,6-8,18H,4-5H2,1H3,(H,35,39). The molecule has 2 aromatic heterocycles. The van der Waals surface area contributed by atoms with Crippen molar-refractivity contribution < 1.29 is 49.0 Å². The Kier molecular flexibility index (Phi) is 6.98. The van der Waals surface area contributed by atoms with Gasteiger partial charge in [0, 0.05) is 18.8 Å². The second-order valence-corrected chi connectivity index (χ2v) is 9.09. The van der Waals surface area contributed by atoms with E-state index in [1.807, 2.05) is 6.07 Å². The Balaban J connectivity index is 1.78. The van der Waals surface area contributed by atoms with Crippen molar-refractivity contribution in [2.75, 3.05) is 0 Å². The number of hydrogen-bond donors (Lipinski definition) is 1. The van der Waals surface area contributed by atoms with Crippen LogP contribution in [0, 0.1) is 11.3 Å². The molecule has 0 radical (unpaired) electrons. The van der Waals surface area contributed by atoms with Crippen LogP contribution in [-0.4, -0.2) is 49.7 Å². The summed E-state index contributed by atoms with van der Waals surface area (Å²) in [6.07, 6.45) is -13.6. The van der Waals surface area contributed by atoms with Gasteiger partial charge in [0.05, 0.1) is 22.9 Å². The van der Waals surface area contributed by atoms with E-state index in [9.17, 15) is 49.6 Å². The van der Waals surface area contributed by atoms with Crippen LogP contribution in [-0.2, 0) is 13.0 Å². The Morgan fingerprint density at radius 3 is 2.38 bits per heavy atom. The lowest BCUT2D eigenvalue weighted by Gasteiger charge is -2.21. The van der Waals surface area contributed by atoms with E-state index in [1.54, 1.807) is 0 Å². The number of amides is 1. The molecule has 0 aliphatic heterocycles. The highest BCUT2D eigenvalue weighted by molar-refractivity contribution is 6.34. The van der Waals surface area contributed by atoms with Gasteiger partial charge < -0.3 is 10.1 Å². The average molecular weight is 601 g/mol. The molecule has 8 nitrogen and oxygen atoms in total. The molecule has 0 unspecified atom stereocenters. The van der Waals surface area contributed by atoms with Crippen LogP contribution in [0.25, 0.3) is 16.9 Å². The lowest BCUT2D eigenvalue weighted by atomic mass is 10.1. The minimum absolute atomic E-state index is 0.0158. The summed E-state index contributed by atoms with van der Waals surface area (Å²) in [4.78, 5) is 12.7. The molecule has 0 saturated heterocycles. The molecule has 214 valence electrons. The molecule has 1 saturated carbocycles. The van der Waals surface area contributed by atoms with Crippen molar-refractivity contribution in [1.82, 2.24) is 24.9 Å². The third-order valence-electron chi connectivity index (χ3n) is 5.78. The molecule has 1 aromatic carbocycles. The number of aromatic nitrogens is 4. The Morgan fingerprint density at radius 1 is 1.18 bits per heavy atom. The van der Waals surface area contributed by atoms with E-state index in [4.69, 9.17) is 11.6 Å². The molecule has 1 N–H and O–H groups in total. The third kappa shape index (κ3) is 5.15. The number of rotatable bonds is 8. The largest absolute Gasteiger partial charge is 0.461 e. The fraction of sp³-hybridized carbons (Fsp3) is 0.364. The van der Waals surface area contributed by atoms with Crippen LogP contribution in [0.1, 0.15) is 28.9 Å². The van der Waals surface area contributed by atoms with Crippen molar-refractivity contribution in [3.05, 3.63) is 46.9 Å². The van der Waals surface area contributed by atoms with Crippen LogP contribution in [0.5, 0.6) is 5.75 Å². The van der Waals surface area contributed by atoms with E-state index in [-0.39, 0.29) is 26.4 Å². The molecule has 4 rings (SSSR count). The topological polar surface area (TPSA) is 97.8 Å². The smallest absolute Gasteiger partial charge is 0.422 e. The number of nitrogens with one attached hydrogen (secondary N) is 1. The zero-order chi connectivity index (χ0) is 29.8. The summed E-state index contributed by atoms with van der Waals surface area (Å²) in [5.74, 6) is -9.64. The number of alkyl halides is 9. The quantitative estimate of drug-likeness (QED) is 0.340. The second kappa shape index (κ2) is 9.61. The molecule has 0 spiro atoms. The zero-order valence-corrected chi connectivity index (χ0v) is 20.5. The highest BCUT2D eigenvalue weighted by Gasteiger charge is 2.63. The molecule has 18 heteroatoms. The lowest BCUT2D eigenvalue weighted by molar-refractivity contribution is -0.294. The number of nitriles is 1. The van der Waals surface area contributed by atoms with E-state index >= 15 is 0 Å². The van der Waals surface area contributed by atoms with Crippen LogP contribution < -0.4 is 10.1 Å². The van der Waals surface area contributed by atoms with Crippen LogP contribution >= 0.6 is 11.6 Å². The zero-order valence-electron chi connectivity index (χ0n) is 19.7.